The summed E-state index contributed by atoms with van der Waals surface area (Å²) < 4.78 is 46.1. The van der Waals surface area contributed by atoms with Crippen molar-refractivity contribution in [2.45, 2.75) is 77.3 Å². The van der Waals surface area contributed by atoms with E-state index in [1.807, 2.05) is 13.8 Å². The molecule has 9 nitrogen and oxygen atoms in total. The number of ether oxygens (including phenoxy) is 2. The summed E-state index contributed by atoms with van der Waals surface area (Å²) in [5, 5.41) is 3.31. The predicted octanol–water partition coefficient (Wildman–Crippen LogP) is 2.47. The van der Waals surface area contributed by atoms with Crippen molar-refractivity contribution in [2.24, 2.45) is 0 Å². The molecule has 0 aliphatic carbocycles. The lowest BCUT2D eigenvalue weighted by Crippen LogP contribution is -2.59. The zero-order chi connectivity index (χ0) is 22.5. The Kier molecular flexibility index (Phi) is 15.0. The van der Waals surface area contributed by atoms with Crippen LogP contribution in [0.2, 0.25) is 0 Å². The van der Waals surface area contributed by atoms with Gasteiger partial charge in [0.2, 0.25) is 0 Å². The molecule has 0 aromatic rings. The van der Waals surface area contributed by atoms with Crippen LogP contribution in [0.1, 0.15) is 53.4 Å². The first-order valence-electron chi connectivity index (χ1n) is 10.2. The highest BCUT2D eigenvalue weighted by molar-refractivity contribution is 6.62. The lowest BCUT2D eigenvalue weighted by atomic mass is 10.3. The second kappa shape index (κ2) is 15.0. The van der Waals surface area contributed by atoms with Crippen LogP contribution in [-0.4, -0.2) is 84.2 Å². The normalized spacial score (nSPS) is 17.2. The van der Waals surface area contributed by atoms with E-state index in [0.29, 0.717) is 0 Å². The van der Waals surface area contributed by atoms with E-state index < -0.39 is 17.6 Å². The van der Waals surface area contributed by atoms with Gasteiger partial charge in [0.15, 0.2) is 0 Å². The van der Waals surface area contributed by atoms with Crippen LogP contribution in [-0.2, 0) is 36.0 Å². The molecule has 4 atom stereocenters. The molecular formula is C18H43NO8Si2. The van der Waals surface area contributed by atoms with Crippen LogP contribution in [0.15, 0.2) is 0 Å². The molecule has 1 N–H and O–H groups in total. The van der Waals surface area contributed by atoms with Gasteiger partial charge in [0.25, 0.3) is 0 Å². The van der Waals surface area contributed by atoms with Gasteiger partial charge in [-0.25, -0.2) is 0 Å². The van der Waals surface area contributed by atoms with Gasteiger partial charge in [-0.15, -0.1) is 0 Å². The fourth-order valence-electron chi connectivity index (χ4n) is 3.37. The molecule has 0 saturated heterocycles. The van der Waals surface area contributed by atoms with E-state index in [1.165, 1.54) is 0 Å². The van der Waals surface area contributed by atoms with Gasteiger partial charge >= 0.3 is 17.6 Å². The lowest BCUT2D eigenvalue weighted by Gasteiger charge is -2.36. The maximum absolute atomic E-state index is 6.22. The second-order valence-electron chi connectivity index (χ2n) is 6.71. The van der Waals surface area contributed by atoms with Crippen molar-refractivity contribution in [2.75, 3.05) is 42.7 Å². The van der Waals surface area contributed by atoms with Gasteiger partial charge in [-0.05, 0) is 26.7 Å². The molecule has 176 valence electrons. The Hall–Kier alpha value is 0.0738. The minimum absolute atomic E-state index is 0.293. The predicted molar refractivity (Wildman–Crippen MR) is 115 cm³/mol. The van der Waals surface area contributed by atoms with E-state index >= 15 is 0 Å². The van der Waals surface area contributed by atoms with Crippen LogP contribution in [0, 0.1) is 0 Å². The Bertz CT molecular complexity index is 361. The number of nitrogens with one attached hydrogen (secondary N) is 1. The van der Waals surface area contributed by atoms with Gasteiger partial charge in [-0.2, -0.15) is 0 Å². The van der Waals surface area contributed by atoms with Crippen LogP contribution in [0.5, 0.6) is 0 Å². The Morgan fingerprint density at radius 1 is 0.586 bits per heavy atom. The highest BCUT2D eigenvalue weighted by Crippen LogP contribution is 2.23. The average Bonchev–Trinajstić information content (AvgIpc) is 2.71. The smallest absolute Gasteiger partial charge is 0.375 e. The van der Waals surface area contributed by atoms with E-state index in [-0.39, 0.29) is 23.9 Å². The third-order valence-electron chi connectivity index (χ3n) is 4.80. The van der Waals surface area contributed by atoms with Crippen molar-refractivity contribution in [1.82, 2.24) is 5.32 Å². The topological polar surface area (TPSA) is 85.9 Å². The zero-order valence-electron chi connectivity index (χ0n) is 19.9. The fraction of sp³-hybridized carbons (Fsp3) is 1.00. The molecule has 0 aliphatic rings. The van der Waals surface area contributed by atoms with E-state index in [2.05, 4.69) is 19.2 Å². The van der Waals surface area contributed by atoms with Gasteiger partial charge in [-0.3, -0.25) is 5.32 Å². The summed E-state index contributed by atoms with van der Waals surface area (Å²) in [5.74, 6) is 0. The Labute approximate surface area is 179 Å². The van der Waals surface area contributed by atoms with Crippen LogP contribution < -0.4 is 5.32 Å². The van der Waals surface area contributed by atoms with Gasteiger partial charge in [0.1, 0.15) is 23.9 Å². The summed E-state index contributed by atoms with van der Waals surface area (Å²) in [7, 11) is 3.69. The van der Waals surface area contributed by atoms with Crippen LogP contribution >= 0.6 is 0 Å². The van der Waals surface area contributed by atoms with E-state index in [9.17, 15) is 0 Å². The summed E-state index contributed by atoms with van der Waals surface area (Å²) in [5.41, 5.74) is -0.585. The number of rotatable bonds is 18. The molecule has 0 aliphatic heterocycles. The third kappa shape index (κ3) is 8.26. The molecule has 0 bridgehead atoms. The molecule has 0 aromatic carbocycles. The third-order valence-corrected chi connectivity index (χ3v) is 10.6. The summed E-state index contributed by atoms with van der Waals surface area (Å²) >= 11 is 0. The van der Waals surface area contributed by atoms with Crippen LogP contribution in [0.3, 0.4) is 0 Å². The highest BCUT2D eigenvalue weighted by Gasteiger charge is 2.50. The molecule has 0 amide bonds. The van der Waals surface area contributed by atoms with Crippen molar-refractivity contribution in [1.29, 1.82) is 0 Å². The summed E-state index contributed by atoms with van der Waals surface area (Å²) in [6, 6.07) is 0. The molecule has 4 unspecified atom stereocenters. The molecular weight excluding hydrogens is 414 g/mol. The van der Waals surface area contributed by atoms with Crippen molar-refractivity contribution >= 4 is 17.6 Å². The monoisotopic (exact) mass is 457 g/mol. The first-order chi connectivity index (χ1) is 13.8. The van der Waals surface area contributed by atoms with E-state index in [0.717, 1.165) is 25.7 Å². The maximum atomic E-state index is 6.22. The minimum atomic E-state index is -2.93. The number of hydrogen-bond acceptors (Lipinski definition) is 9. The van der Waals surface area contributed by atoms with Crippen LogP contribution in [0.4, 0.5) is 0 Å². The molecule has 0 saturated carbocycles. The second-order valence-corrected chi connectivity index (χ2v) is 12.9. The molecule has 0 rings (SSSR count). The zero-order valence-corrected chi connectivity index (χ0v) is 21.9. The molecule has 0 aromatic heterocycles. The first-order valence-corrected chi connectivity index (χ1v) is 13.8. The Balaban J connectivity index is 5.13. The highest BCUT2D eigenvalue weighted by atomic mass is 28.4. The lowest BCUT2D eigenvalue weighted by molar-refractivity contribution is -0.0873. The Morgan fingerprint density at radius 3 is 1.07 bits per heavy atom. The molecule has 29 heavy (non-hydrogen) atoms. The van der Waals surface area contributed by atoms with E-state index in [1.54, 1.807) is 42.7 Å². The average molecular weight is 458 g/mol. The van der Waals surface area contributed by atoms with Crippen molar-refractivity contribution in [3.05, 3.63) is 0 Å². The SMILES string of the molecule is CCCC(OC(C)NC(C)OC(CCC)[Si](OC)(OC)OC)[Si](OC)(OC)OC. The standard InChI is InChI=1S/C18H43NO8Si2/c1-11-13-17(28(20-5,21-6)22-7)26-15(3)19-16(4)27-18(14-12-2)29(23-8,24-9)25-10/h15-19H,11-14H2,1-10H3. The minimum Gasteiger partial charge on any atom is -0.375 e. The van der Waals surface area contributed by atoms with Gasteiger partial charge < -0.3 is 36.0 Å². The molecule has 0 heterocycles. The molecule has 0 fully saturated rings. The fourth-order valence-corrected chi connectivity index (χ4v) is 7.97. The van der Waals surface area contributed by atoms with Crippen molar-refractivity contribution in [3.8, 4) is 0 Å². The molecule has 11 heteroatoms. The Morgan fingerprint density at radius 2 is 0.862 bits per heavy atom. The van der Waals surface area contributed by atoms with Crippen LogP contribution in [0.25, 0.3) is 0 Å². The van der Waals surface area contributed by atoms with Crippen molar-refractivity contribution < 1.29 is 36.0 Å². The quantitative estimate of drug-likeness (QED) is 0.246. The summed E-state index contributed by atoms with van der Waals surface area (Å²) in [6.07, 6.45) is 2.70. The number of hydrogen-bond donors (Lipinski definition) is 1. The maximum Gasteiger partial charge on any atom is 0.530 e. The van der Waals surface area contributed by atoms with Gasteiger partial charge in [0, 0.05) is 42.7 Å². The summed E-state index contributed by atoms with van der Waals surface area (Å²) in [4.78, 5) is 0. The largest absolute Gasteiger partial charge is 0.530 e. The first kappa shape index (κ1) is 29.1. The van der Waals surface area contributed by atoms with Crippen molar-refractivity contribution in [3.63, 3.8) is 0 Å². The van der Waals surface area contributed by atoms with Gasteiger partial charge in [-0.1, -0.05) is 26.7 Å². The summed E-state index contributed by atoms with van der Waals surface area (Å²) in [6.45, 7) is 8.01. The molecule has 0 radical (unpaired) electrons. The van der Waals surface area contributed by atoms with E-state index in [4.69, 9.17) is 36.0 Å². The van der Waals surface area contributed by atoms with Gasteiger partial charge in [0.05, 0.1) is 0 Å². The molecule has 0 spiro atoms.